The molecule has 30 N–H and O–H groups in total. The van der Waals surface area contributed by atoms with Gasteiger partial charge in [-0.1, -0.05) is 0 Å². The van der Waals surface area contributed by atoms with Gasteiger partial charge in [-0.2, -0.15) is 0 Å². The molecule has 568 valence electrons. The number of phosphoric acid groups is 7. The number of phosphoric ester groups is 7. The third-order valence-electron chi connectivity index (χ3n) is 10.1. The minimum Gasteiger partial charge on any atom is -0.480 e. The smallest absolute Gasteiger partial charge is 0.469 e. The molecule has 64 heteroatoms. The molecular weight excluding hydrogens is 1520 g/mol. The van der Waals surface area contributed by atoms with Gasteiger partial charge in [0.05, 0.1) is 85.5 Å². The number of hydrogen-bond donors (Lipinski definition) is 29. The van der Waals surface area contributed by atoms with E-state index in [1.807, 2.05) is 10.6 Å². The molecule has 0 unspecified atom stereocenters. The van der Waals surface area contributed by atoms with Crippen molar-refractivity contribution in [2.24, 2.45) is 5.73 Å². The predicted octanol–water partition coefficient (Wildman–Crippen LogP) is -16.1. The standard InChI is InChI=1S/C35H65N14O43P7/c36-15(8-86-93(65,66)67)29(58)37-1-22(50)44-16(9-87-94(68,69)70)30(59)38-2-23(51)45-17(10-88-95(71,72)73)31(60)39-3-24(52)46-18(11-89-96(74,75)76)32(61)40-4-25(53)47-19(12-90-97(77,78)79)33(62)41-5-26(54)48-20(13-91-98(80,81)82)34(63)42-6-27(55)49-21(14-92-99(83,84)85)35(64)43-7-28(56)57/h15-21H,1-14,36H2,(H,37,58)(H,38,59)(H,39,60)(H,40,61)(H,41,62)(H,42,63)(H,43,64)(H,44,50)(H,45,51)(H,46,52)(H,47,53)(H,48,54)(H,49,55)(H,56,57)(H2,65,66,67)(H2,68,69,70)(H2,71,72,73)(H2,74,75,76)(H2,77,78,79)(H2,80,81,82)(H2,83,84,85)/t15-,16-,17-,18-,19-,20-,21-/m0/s1. The van der Waals surface area contributed by atoms with E-state index in [0.717, 1.165) is 0 Å². The Bertz CT molecular complexity index is 3250. The fourth-order valence-corrected chi connectivity index (χ4v) is 8.30. The van der Waals surface area contributed by atoms with Crippen molar-refractivity contribution < 1.29 is 204 Å². The molecule has 7 atom stereocenters. The summed E-state index contributed by atoms with van der Waals surface area (Å²) >= 11 is 0. The molecule has 0 aromatic heterocycles. The molecular formula is C35H65N14O43P7. The highest BCUT2D eigenvalue weighted by atomic mass is 31.2. The molecule has 0 aliphatic heterocycles. The normalized spacial score (nSPS) is 14.3. The summed E-state index contributed by atoms with van der Waals surface area (Å²) in [5, 5.41) is 31.9. The van der Waals surface area contributed by atoms with Gasteiger partial charge in [0.15, 0.2) is 0 Å². The van der Waals surface area contributed by atoms with Crippen LogP contribution in [0.25, 0.3) is 0 Å². The van der Waals surface area contributed by atoms with Crippen LogP contribution < -0.4 is 74.9 Å². The summed E-state index contributed by atoms with van der Waals surface area (Å²) in [6, 6.07) is -15.2. The number of aliphatic carboxylic acids is 1. The van der Waals surface area contributed by atoms with Crippen LogP contribution in [0.4, 0.5) is 0 Å². The van der Waals surface area contributed by atoms with E-state index in [-0.39, 0.29) is 0 Å². The zero-order chi connectivity index (χ0) is 76.7. The van der Waals surface area contributed by atoms with Crippen molar-refractivity contribution in [1.29, 1.82) is 0 Å². The van der Waals surface area contributed by atoms with Crippen LogP contribution in [0.1, 0.15) is 0 Å². The number of nitrogens with one attached hydrogen (secondary N) is 13. The van der Waals surface area contributed by atoms with Crippen molar-refractivity contribution in [3.8, 4) is 0 Å². The molecule has 0 aromatic rings. The van der Waals surface area contributed by atoms with E-state index in [2.05, 4.69) is 31.7 Å². The average molecular weight is 1590 g/mol. The van der Waals surface area contributed by atoms with Gasteiger partial charge >= 0.3 is 60.7 Å². The quantitative estimate of drug-likeness (QED) is 0.0252. The number of hydrogen-bond acceptors (Lipinski definition) is 29. The van der Waals surface area contributed by atoms with Crippen molar-refractivity contribution in [2.75, 3.05) is 92.1 Å². The number of nitrogens with two attached hydrogens (primary N) is 1. The Balaban J connectivity index is 6.18. The van der Waals surface area contributed by atoms with Gasteiger partial charge < -0.3 is 148 Å². The zero-order valence-corrected chi connectivity index (χ0v) is 55.5. The van der Waals surface area contributed by atoms with Crippen LogP contribution in [0, 0.1) is 0 Å². The van der Waals surface area contributed by atoms with Crippen LogP contribution in [0.3, 0.4) is 0 Å². The van der Waals surface area contributed by atoms with Crippen molar-refractivity contribution in [1.82, 2.24) is 69.1 Å². The number of carboxylic acid groups (broad SMARTS) is 1. The van der Waals surface area contributed by atoms with Crippen molar-refractivity contribution in [2.45, 2.75) is 42.3 Å². The first-order chi connectivity index (χ1) is 45.0. The Hall–Kier alpha value is -6.69. The molecule has 57 nitrogen and oxygen atoms in total. The molecule has 0 fully saturated rings. The number of amides is 13. The van der Waals surface area contributed by atoms with Gasteiger partial charge in [0, 0.05) is 0 Å². The maximum Gasteiger partial charge on any atom is 0.469 e. The molecule has 0 heterocycles. The fraction of sp³-hybridized carbons (Fsp3) is 0.600. The molecule has 0 aromatic carbocycles. The summed E-state index contributed by atoms with van der Waals surface area (Å²) < 4.78 is 108. The Morgan fingerprint density at radius 3 is 0.545 bits per heavy atom. The molecule has 0 saturated carbocycles. The Kier molecular flexibility index (Phi) is 39.7. The first kappa shape index (κ1) is 92.3. The lowest BCUT2D eigenvalue weighted by Gasteiger charge is -2.22. The molecule has 0 radical (unpaired) electrons. The fourth-order valence-electron chi connectivity index (χ4n) is 5.89. The van der Waals surface area contributed by atoms with E-state index in [9.17, 15) is 128 Å². The van der Waals surface area contributed by atoms with Crippen LogP contribution in [-0.4, -0.2) is 291 Å². The number of carboxylic acids is 1. The Morgan fingerprint density at radius 1 is 0.253 bits per heavy atom. The van der Waals surface area contributed by atoms with Gasteiger partial charge in [0.1, 0.15) is 48.8 Å². The highest BCUT2D eigenvalue weighted by Gasteiger charge is 2.34. The Labute approximate surface area is 549 Å². The van der Waals surface area contributed by atoms with E-state index in [1.54, 1.807) is 58.5 Å². The monoisotopic (exact) mass is 1590 g/mol. The summed E-state index contributed by atoms with van der Waals surface area (Å²) in [4.78, 5) is 305. The Morgan fingerprint density at radius 2 is 0.394 bits per heavy atom. The molecule has 0 aliphatic rings. The second-order valence-electron chi connectivity index (χ2n) is 18.2. The maximum atomic E-state index is 13.2. The predicted molar refractivity (Wildman–Crippen MR) is 304 cm³/mol. The lowest BCUT2D eigenvalue weighted by atomic mass is 10.2. The van der Waals surface area contributed by atoms with Crippen molar-refractivity contribution in [3.63, 3.8) is 0 Å². The lowest BCUT2D eigenvalue weighted by Crippen LogP contribution is -2.57. The molecule has 13 amide bonds. The summed E-state index contributed by atoms with van der Waals surface area (Å²) in [7, 11) is -38.0. The lowest BCUT2D eigenvalue weighted by molar-refractivity contribution is -0.138. The van der Waals surface area contributed by atoms with Crippen LogP contribution in [0.2, 0.25) is 0 Å². The van der Waals surface area contributed by atoms with E-state index >= 15 is 0 Å². The average Bonchev–Trinajstić information content (AvgIpc) is 0.903. The van der Waals surface area contributed by atoms with Gasteiger partial charge in [-0.25, -0.2) is 32.0 Å². The molecule has 0 bridgehead atoms. The van der Waals surface area contributed by atoms with Crippen LogP contribution in [-0.2, 0) is 131 Å². The van der Waals surface area contributed by atoms with Gasteiger partial charge in [-0.15, -0.1) is 0 Å². The first-order valence-corrected chi connectivity index (χ1v) is 36.3. The largest absolute Gasteiger partial charge is 0.480 e. The second-order valence-corrected chi connectivity index (χ2v) is 26.9. The van der Waals surface area contributed by atoms with Gasteiger partial charge in [-0.05, 0) is 0 Å². The molecule has 99 heavy (non-hydrogen) atoms. The molecule has 0 spiro atoms. The second kappa shape index (κ2) is 42.5. The third kappa shape index (κ3) is 48.7. The first-order valence-electron chi connectivity index (χ1n) is 25.6. The summed E-state index contributed by atoms with van der Waals surface area (Å²) in [5.74, 6) is -21.1. The van der Waals surface area contributed by atoms with Gasteiger partial charge in [-0.3, -0.25) is 98.8 Å². The van der Waals surface area contributed by atoms with E-state index in [4.69, 9.17) is 50.0 Å². The van der Waals surface area contributed by atoms with Crippen LogP contribution >= 0.6 is 54.8 Å². The minimum atomic E-state index is -5.57. The highest BCUT2D eigenvalue weighted by molar-refractivity contribution is 7.47. The highest BCUT2D eigenvalue weighted by Crippen LogP contribution is 2.39. The van der Waals surface area contributed by atoms with Crippen molar-refractivity contribution in [3.05, 3.63) is 0 Å². The van der Waals surface area contributed by atoms with E-state index < -0.39 is 272 Å². The topological polar surface area (TPSA) is 909 Å². The van der Waals surface area contributed by atoms with Crippen LogP contribution in [0.15, 0.2) is 0 Å². The van der Waals surface area contributed by atoms with E-state index in [0.29, 0.717) is 0 Å². The van der Waals surface area contributed by atoms with Gasteiger partial charge in [0.2, 0.25) is 76.8 Å². The van der Waals surface area contributed by atoms with Crippen molar-refractivity contribution >= 4 is 138 Å². The number of carbonyl (C=O) groups is 14. The summed E-state index contributed by atoms with van der Waals surface area (Å²) in [5.41, 5.74) is 5.37. The molecule has 0 rings (SSSR count). The van der Waals surface area contributed by atoms with E-state index in [1.165, 1.54) is 0 Å². The number of rotatable bonds is 48. The third-order valence-corrected chi connectivity index (χ3v) is 13.5. The zero-order valence-electron chi connectivity index (χ0n) is 49.3. The maximum absolute atomic E-state index is 13.2. The SMILES string of the molecule is N[C@@H](COP(=O)(O)O)C(=O)NCC(=O)N[C@@H](COP(=O)(O)O)C(=O)NCC(=O)N[C@@H](COP(=O)(O)O)C(=O)NCC(=O)N[C@@H](COP(=O)(O)O)C(=O)NCC(=O)N[C@@H](COP(=O)(O)O)C(=O)NCC(=O)N[C@@H](COP(=O)(O)O)C(=O)NCC(=O)N[C@@H](COP(=O)(O)O)C(=O)NCC(=O)O. The van der Waals surface area contributed by atoms with Crippen LogP contribution in [0.5, 0.6) is 0 Å². The summed E-state index contributed by atoms with van der Waals surface area (Å²) in [6.45, 7) is -18.5. The van der Waals surface area contributed by atoms with Gasteiger partial charge in [0.25, 0.3) is 0 Å². The molecule has 0 aliphatic carbocycles. The summed E-state index contributed by atoms with van der Waals surface area (Å²) in [6.07, 6.45) is 0. The minimum absolute atomic E-state index is 1.07. The molecule has 0 saturated heterocycles. The number of carbonyl (C=O) groups excluding carboxylic acids is 13.